The Balaban J connectivity index is 0. The number of hydrogen-bond acceptors (Lipinski definition) is 10. The van der Waals surface area contributed by atoms with E-state index in [1.807, 2.05) is 0 Å². The molecule has 0 aliphatic rings. The molecule has 0 aliphatic carbocycles. The minimum absolute atomic E-state index is 0.589. The second kappa shape index (κ2) is 12.1. The molecule has 0 aliphatic heterocycles. The number of ether oxygens (including phenoxy) is 1. The highest BCUT2D eigenvalue weighted by atomic mass is 16.6. The van der Waals surface area contributed by atoms with Crippen LogP contribution in [0.4, 0.5) is 0 Å². The van der Waals surface area contributed by atoms with Gasteiger partial charge in [-0.1, -0.05) is 0 Å². The smallest absolute Gasteiger partial charge is 0.348 e. The van der Waals surface area contributed by atoms with Gasteiger partial charge in [0, 0.05) is 0 Å². The van der Waals surface area contributed by atoms with Gasteiger partial charge in [-0.15, -0.1) is 0 Å². The summed E-state index contributed by atoms with van der Waals surface area (Å²) >= 11 is 0. The Morgan fingerprint density at radius 3 is 1.22 bits per heavy atom. The topological polar surface area (TPSA) is 273 Å². The molecule has 0 aromatic carbocycles. The molecule has 8 N–H and O–H groups in total. The number of carboxylic acid groups (broad SMARTS) is 5. The highest BCUT2D eigenvalue weighted by Gasteiger charge is 2.35. The van der Waals surface area contributed by atoms with Crippen molar-refractivity contribution in [3.05, 3.63) is 0 Å². The van der Waals surface area contributed by atoms with Crippen LogP contribution in [0.5, 0.6) is 0 Å². The van der Waals surface area contributed by atoms with Crippen LogP contribution in [0.2, 0.25) is 0 Å². The third-order valence-corrected chi connectivity index (χ3v) is 2.39. The predicted molar refractivity (Wildman–Crippen MR) is 75.3 cm³/mol. The van der Waals surface area contributed by atoms with Gasteiger partial charge in [-0.25, -0.2) is 19.2 Å². The number of carbonyl (C=O) groups excluding carboxylic acids is 1. The Morgan fingerprint density at radius 1 is 0.593 bits per heavy atom. The normalized spacial score (nSPS) is 14.3. The van der Waals surface area contributed by atoms with Crippen LogP contribution in [0.1, 0.15) is 12.8 Å². The molecule has 154 valence electrons. The molecular weight excluding hydrogens is 384 g/mol. The number of esters is 1. The largest absolute Gasteiger partial charge is 0.481 e. The van der Waals surface area contributed by atoms with Crippen molar-refractivity contribution < 1.29 is 74.4 Å². The molecule has 0 aromatic heterocycles. The number of aliphatic carboxylic acids is 5. The maximum Gasteiger partial charge on any atom is 0.348 e. The molecule has 0 bridgehead atoms. The fraction of sp³-hybridized carbons (Fsp3) is 0.500. The summed E-state index contributed by atoms with van der Waals surface area (Å²) in [6.45, 7) is 0. The van der Waals surface area contributed by atoms with Gasteiger partial charge in [0.2, 0.25) is 6.10 Å². The first-order valence-corrected chi connectivity index (χ1v) is 6.59. The first-order valence-electron chi connectivity index (χ1n) is 6.59. The number of hydrogen-bond donors (Lipinski definition) is 8. The van der Waals surface area contributed by atoms with Crippen LogP contribution >= 0.6 is 0 Å². The molecule has 15 nitrogen and oxygen atoms in total. The number of carbonyl (C=O) groups is 6. The van der Waals surface area contributed by atoms with Crippen molar-refractivity contribution in [1.29, 1.82) is 0 Å². The van der Waals surface area contributed by atoms with E-state index in [9.17, 15) is 28.8 Å². The zero-order chi connectivity index (χ0) is 21.9. The van der Waals surface area contributed by atoms with Crippen molar-refractivity contribution in [2.45, 2.75) is 37.3 Å². The molecule has 4 unspecified atom stereocenters. The first-order chi connectivity index (χ1) is 12.2. The van der Waals surface area contributed by atoms with Gasteiger partial charge in [-0.2, -0.15) is 0 Å². The summed E-state index contributed by atoms with van der Waals surface area (Å²) in [6.07, 6.45) is -10.4. The second-order valence-corrected chi connectivity index (χ2v) is 4.49. The lowest BCUT2D eigenvalue weighted by atomic mass is 10.2. The minimum Gasteiger partial charge on any atom is -0.481 e. The number of aliphatic hydroxyl groups excluding tert-OH is 3. The van der Waals surface area contributed by atoms with Gasteiger partial charge >= 0.3 is 35.8 Å². The molecule has 0 amide bonds. The van der Waals surface area contributed by atoms with Crippen molar-refractivity contribution in [3.8, 4) is 0 Å². The van der Waals surface area contributed by atoms with Gasteiger partial charge in [0.25, 0.3) is 0 Å². The predicted octanol–water partition coefficient (Wildman–Crippen LogP) is -3.83. The van der Waals surface area contributed by atoms with Crippen molar-refractivity contribution in [2.24, 2.45) is 0 Å². The maximum atomic E-state index is 10.9. The average molecular weight is 400 g/mol. The van der Waals surface area contributed by atoms with E-state index >= 15 is 0 Å². The molecule has 4 atom stereocenters. The van der Waals surface area contributed by atoms with Gasteiger partial charge in [0.05, 0.1) is 12.8 Å². The van der Waals surface area contributed by atoms with Gasteiger partial charge in [-0.05, 0) is 0 Å². The maximum absolute atomic E-state index is 10.9. The SMILES string of the molecule is O=C(O)C(O)C(O)C(=O)O.O=C(O)CCC(=O)OC(C(=O)O)C(O)C(=O)O. The zero-order valence-electron chi connectivity index (χ0n) is 13.2. The molecular formula is C12H16O15. The van der Waals surface area contributed by atoms with Crippen LogP contribution in [0, 0.1) is 0 Å². The number of aliphatic hydroxyl groups is 3. The van der Waals surface area contributed by atoms with Gasteiger partial charge in [0.1, 0.15) is 0 Å². The molecule has 15 heteroatoms. The molecule has 0 saturated heterocycles. The fourth-order valence-corrected chi connectivity index (χ4v) is 1.06. The van der Waals surface area contributed by atoms with Crippen LogP contribution in [-0.2, 0) is 33.5 Å². The zero-order valence-corrected chi connectivity index (χ0v) is 13.2. The Kier molecular flexibility index (Phi) is 11.6. The summed E-state index contributed by atoms with van der Waals surface area (Å²) in [4.78, 5) is 61.4. The van der Waals surface area contributed by atoms with Crippen LogP contribution in [-0.4, -0.2) is 101 Å². The average Bonchev–Trinajstić information content (AvgIpc) is 2.55. The van der Waals surface area contributed by atoms with E-state index in [-0.39, 0.29) is 0 Å². The summed E-state index contributed by atoms with van der Waals surface area (Å²) in [5.74, 6) is -9.77. The second-order valence-electron chi connectivity index (χ2n) is 4.49. The molecule has 0 rings (SSSR count). The molecule has 0 heterocycles. The Morgan fingerprint density at radius 2 is 0.963 bits per heavy atom. The molecule has 0 fully saturated rings. The van der Waals surface area contributed by atoms with Crippen molar-refractivity contribution in [1.82, 2.24) is 0 Å². The summed E-state index contributed by atoms with van der Waals surface area (Å²) in [5.41, 5.74) is 0. The summed E-state index contributed by atoms with van der Waals surface area (Å²) in [7, 11) is 0. The van der Waals surface area contributed by atoms with Crippen LogP contribution in [0.25, 0.3) is 0 Å². The van der Waals surface area contributed by atoms with Crippen molar-refractivity contribution >= 4 is 35.8 Å². The highest BCUT2D eigenvalue weighted by Crippen LogP contribution is 2.04. The van der Waals surface area contributed by atoms with E-state index < -0.39 is 73.1 Å². The molecule has 0 spiro atoms. The monoisotopic (exact) mass is 400 g/mol. The molecule has 27 heavy (non-hydrogen) atoms. The molecule has 0 aromatic rings. The van der Waals surface area contributed by atoms with E-state index in [1.54, 1.807) is 0 Å². The lowest BCUT2D eigenvalue weighted by molar-refractivity contribution is -0.178. The standard InChI is InChI=1S/C8H10O9.C4H6O6/c9-3(10)1-2-4(11)17-6(8(15)16)5(12)7(13)14;5-1(3(7)8)2(6)4(9)10/h5-6,12H,1-2H2,(H,9,10)(H,13,14)(H,15,16);1-2,5-6H,(H,7,8)(H,9,10). The lowest BCUT2D eigenvalue weighted by Gasteiger charge is -2.15. The van der Waals surface area contributed by atoms with E-state index in [0.29, 0.717) is 0 Å². The van der Waals surface area contributed by atoms with E-state index in [1.165, 1.54) is 0 Å². The highest BCUT2D eigenvalue weighted by molar-refractivity contribution is 5.86. The summed E-state index contributed by atoms with van der Waals surface area (Å²) < 4.78 is 4.15. The summed E-state index contributed by atoms with van der Waals surface area (Å²) in [5, 5.41) is 66.5. The van der Waals surface area contributed by atoms with Crippen LogP contribution < -0.4 is 0 Å². The number of carboxylic acids is 5. The van der Waals surface area contributed by atoms with E-state index in [2.05, 4.69) is 4.74 Å². The van der Waals surface area contributed by atoms with Crippen molar-refractivity contribution in [3.63, 3.8) is 0 Å². The van der Waals surface area contributed by atoms with Gasteiger partial charge in [-0.3, -0.25) is 9.59 Å². The molecule has 0 saturated carbocycles. The Labute approximate surface area is 148 Å². The summed E-state index contributed by atoms with van der Waals surface area (Å²) in [6, 6.07) is 0. The van der Waals surface area contributed by atoms with Gasteiger partial charge in [0.15, 0.2) is 18.3 Å². The van der Waals surface area contributed by atoms with Crippen molar-refractivity contribution in [2.75, 3.05) is 0 Å². The first kappa shape index (κ1) is 25.9. The quantitative estimate of drug-likeness (QED) is 0.163. The third kappa shape index (κ3) is 11.0. The number of rotatable bonds is 10. The Hall–Kier alpha value is -3.30. The Bertz CT molecular complexity index is 563. The fourth-order valence-electron chi connectivity index (χ4n) is 1.06. The lowest BCUT2D eigenvalue weighted by Crippen LogP contribution is -2.43. The third-order valence-electron chi connectivity index (χ3n) is 2.39. The van der Waals surface area contributed by atoms with Crippen LogP contribution in [0.3, 0.4) is 0 Å². The van der Waals surface area contributed by atoms with Gasteiger partial charge < -0.3 is 45.6 Å². The minimum atomic E-state index is -2.42. The van der Waals surface area contributed by atoms with E-state index in [4.69, 9.17) is 40.9 Å². The van der Waals surface area contributed by atoms with Crippen LogP contribution in [0.15, 0.2) is 0 Å². The van der Waals surface area contributed by atoms with E-state index in [0.717, 1.165) is 0 Å². The molecule has 0 radical (unpaired) electrons.